The van der Waals surface area contributed by atoms with Crippen molar-refractivity contribution < 1.29 is 4.42 Å². The minimum Gasteiger partial charge on any atom is -0.451 e. The number of rotatable bonds is 3. The van der Waals surface area contributed by atoms with Gasteiger partial charge in [-0.1, -0.05) is 133 Å². The Hall–Kier alpha value is -6.78. The second-order valence-electron chi connectivity index (χ2n) is 12.9. The lowest BCUT2D eigenvalue weighted by molar-refractivity contribution is 0.671. The van der Waals surface area contributed by atoms with E-state index in [1.54, 1.807) is 0 Å². The van der Waals surface area contributed by atoms with Crippen molar-refractivity contribution in [2.24, 2.45) is 0 Å². The standard InChI is InChI=1S/C46H27N3O/c1-3-13-28(14-4-1)42-45-43(48-46(47-42)29-15-5-2-6-16-29)37-25-26-40-41(44(37)50-45)36-21-11-12-22-39(36)49(40)30-23-24-35-33-19-8-7-17-31(33)32-18-9-10-20-34(32)38(35)27-30/h1-27H. The molecule has 0 amide bonds. The van der Waals surface area contributed by atoms with E-state index in [0.717, 1.165) is 60.8 Å². The van der Waals surface area contributed by atoms with Crippen LogP contribution < -0.4 is 0 Å². The van der Waals surface area contributed by atoms with Crippen molar-refractivity contribution in [3.63, 3.8) is 0 Å². The van der Waals surface area contributed by atoms with Crippen molar-refractivity contribution in [3.05, 3.63) is 164 Å². The second kappa shape index (κ2) is 10.4. The number of nitrogens with zero attached hydrogens (tertiary/aromatic N) is 3. The van der Waals surface area contributed by atoms with Gasteiger partial charge in [-0.15, -0.1) is 0 Å². The predicted molar refractivity (Wildman–Crippen MR) is 207 cm³/mol. The Morgan fingerprint density at radius 2 is 0.960 bits per heavy atom. The average molecular weight is 638 g/mol. The van der Waals surface area contributed by atoms with E-state index in [9.17, 15) is 0 Å². The molecule has 50 heavy (non-hydrogen) atoms. The Morgan fingerprint density at radius 3 is 1.66 bits per heavy atom. The van der Waals surface area contributed by atoms with E-state index in [0.29, 0.717) is 11.4 Å². The van der Waals surface area contributed by atoms with Gasteiger partial charge in [-0.2, -0.15) is 0 Å². The van der Waals surface area contributed by atoms with Crippen LogP contribution in [-0.4, -0.2) is 14.5 Å². The van der Waals surface area contributed by atoms with E-state index in [4.69, 9.17) is 14.4 Å². The summed E-state index contributed by atoms with van der Waals surface area (Å²) in [5.74, 6) is 0.679. The van der Waals surface area contributed by atoms with Gasteiger partial charge in [-0.3, -0.25) is 0 Å². The molecule has 0 saturated carbocycles. The largest absolute Gasteiger partial charge is 0.451 e. The number of furan rings is 1. The molecule has 0 saturated heterocycles. The highest BCUT2D eigenvalue weighted by atomic mass is 16.3. The molecule has 0 aliphatic carbocycles. The molecule has 0 aliphatic heterocycles. The zero-order chi connectivity index (χ0) is 32.8. The van der Waals surface area contributed by atoms with Crippen LogP contribution in [0.2, 0.25) is 0 Å². The maximum absolute atomic E-state index is 6.94. The summed E-state index contributed by atoms with van der Waals surface area (Å²) in [5, 5.41) is 10.7. The van der Waals surface area contributed by atoms with E-state index < -0.39 is 0 Å². The van der Waals surface area contributed by atoms with Crippen LogP contribution in [0.25, 0.3) is 105 Å². The van der Waals surface area contributed by atoms with Gasteiger partial charge in [0, 0.05) is 27.6 Å². The molecule has 0 bridgehead atoms. The predicted octanol–water partition coefficient (Wildman–Crippen LogP) is 12.3. The van der Waals surface area contributed by atoms with Gasteiger partial charge in [-0.05, 0) is 62.6 Å². The van der Waals surface area contributed by atoms with E-state index >= 15 is 0 Å². The first-order valence-corrected chi connectivity index (χ1v) is 16.9. The van der Waals surface area contributed by atoms with Crippen LogP contribution in [0.4, 0.5) is 0 Å². The molecule has 232 valence electrons. The van der Waals surface area contributed by atoms with Crippen LogP contribution in [0.15, 0.2) is 168 Å². The lowest BCUT2D eigenvalue weighted by atomic mass is 9.94. The van der Waals surface area contributed by atoms with Crippen molar-refractivity contribution in [2.75, 3.05) is 0 Å². The molecule has 3 aromatic heterocycles. The van der Waals surface area contributed by atoms with Crippen molar-refractivity contribution in [2.45, 2.75) is 0 Å². The summed E-state index contributed by atoms with van der Waals surface area (Å²) in [6, 6.07) is 57.8. The van der Waals surface area contributed by atoms with Crippen LogP contribution >= 0.6 is 0 Å². The first-order chi connectivity index (χ1) is 24.8. The molecule has 0 radical (unpaired) electrons. The fraction of sp³-hybridized carbons (Fsp3) is 0. The van der Waals surface area contributed by atoms with Crippen molar-refractivity contribution in [1.29, 1.82) is 0 Å². The number of hydrogen-bond acceptors (Lipinski definition) is 3. The van der Waals surface area contributed by atoms with Crippen LogP contribution in [0, 0.1) is 0 Å². The van der Waals surface area contributed by atoms with Gasteiger partial charge in [0.05, 0.1) is 16.4 Å². The molecular weight excluding hydrogens is 611 g/mol. The van der Waals surface area contributed by atoms with Gasteiger partial charge in [0.1, 0.15) is 16.8 Å². The van der Waals surface area contributed by atoms with E-state index in [-0.39, 0.29) is 0 Å². The van der Waals surface area contributed by atoms with Crippen LogP contribution in [0.5, 0.6) is 0 Å². The number of hydrogen-bond donors (Lipinski definition) is 0. The summed E-state index contributed by atoms with van der Waals surface area (Å²) in [5.41, 5.74) is 8.39. The first-order valence-electron chi connectivity index (χ1n) is 16.9. The molecule has 0 spiro atoms. The van der Waals surface area contributed by atoms with Gasteiger partial charge in [0.2, 0.25) is 0 Å². The van der Waals surface area contributed by atoms with Gasteiger partial charge < -0.3 is 8.98 Å². The first kappa shape index (κ1) is 27.2. The Balaban J connectivity index is 1.23. The van der Waals surface area contributed by atoms with Gasteiger partial charge in [-0.25, -0.2) is 9.97 Å². The number of fused-ring (bicyclic) bond motifs is 13. The number of benzene rings is 8. The lowest BCUT2D eigenvalue weighted by Crippen LogP contribution is -1.94. The van der Waals surface area contributed by atoms with Crippen LogP contribution in [0.3, 0.4) is 0 Å². The summed E-state index contributed by atoms with van der Waals surface area (Å²) in [6.45, 7) is 0. The Bertz CT molecular complexity index is 3100. The molecule has 8 aromatic carbocycles. The fourth-order valence-electron chi connectivity index (χ4n) is 7.97. The molecule has 4 nitrogen and oxygen atoms in total. The second-order valence-corrected chi connectivity index (χ2v) is 12.9. The zero-order valence-electron chi connectivity index (χ0n) is 26.8. The molecule has 0 unspecified atom stereocenters. The van der Waals surface area contributed by atoms with Crippen molar-refractivity contribution >= 4 is 76.2 Å². The summed E-state index contributed by atoms with van der Waals surface area (Å²) >= 11 is 0. The third-order valence-corrected chi connectivity index (χ3v) is 10.2. The van der Waals surface area contributed by atoms with E-state index in [2.05, 4.69) is 132 Å². The smallest absolute Gasteiger partial charge is 0.180 e. The minimum atomic E-state index is 0.679. The Kier molecular flexibility index (Phi) is 5.63. The maximum Gasteiger partial charge on any atom is 0.180 e. The van der Waals surface area contributed by atoms with E-state index in [1.165, 1.54) is 32.3 Å². The Labute approximate surface area is 286 Å². The molecule has 0 fully saturated rings. The Morgan fingerprint density at radius 1 is 0.400 bits per heavy atom. The quantitative estimate of drug-likeness (QED) is 0.181. The number of aromatic nitrogens is 3. The SMILES string of the molecule is c1ccc(-c2nc(-c3ccccc3)c3oc4c(ccc5c4c4ccccc4n5-c4ccc5c6ccccc6c6ccccc6c5c4)c3n2)cc1. The maximum atomic E-state index is 6.94. The molecule has 0 aliphatic rings. The molecule has 3 heterocycles. The summed E-state index contributed by atoms with van der Waals surface area (Å²) in [7, 11) is 0. The normalized spacial score (nSPS) is 12.0. The summed E-state index contributed by atoms with van der Waals surface area (Å²) < 4.78 is 9.31. The third kappa shape index (κ3) is 3.81. The third-order valence-electron chi connectivity index (χ3n) is 10.2. The minimum absolute atomic E-state index is 0.679. The molecule has 11 rings (SSSR count). The molecule has 11 aromatic rings. The lowest BCUT2D eigenvalue weighted by Gasteiger charge is -2.13. The summed E-state index contributed by atoms with van der Waals surface area (Å²) in [6.07, 6.45) is 0. The van der Waals surface area contributed by atoms with Gasteiger partial charge in [0.25, 0.3) is 0 Å². The monoisotopic (exact) mass is 637 g/mol. The van der Waals surface area contributed by atoms with Crippen molar-refractivity contribution in [3.8, 4) is 28.3 Å². The average Bonchev–Trinajstić information content (AvgIpc) is 3.74. The van der Waals surface area contributed by atoms with Crippen LogP contribution in [0.1, 0.15) is 0 Å². The summed E-state index contributed by atoms with van der Waals surface area (Å²) in [4.78, 5) is 10.2. The van der Waals surface area contributed by atoms with E-state index in [1.807, 2.05) is 36.4 Å². The topological polar surface area (TPSA) is 43.9 Å². The van der Waals surface area contributed by atoms with Crippen LogP contribution in [-0.2, 0) is 0 Å². The number of para-hydroxylation sites is 1. The highest BCUT2D eigenvalue weighted by Crippen LogP contribution is 2.43. The molecule has 0 atom stereocenters. The van der Waals surface area contributed by atoms with Crippen molar-refractivity contribution in [1.82, 2.24) is 14.5 Å². The zero-order valence-corrected chi connectivity index (χ0v) is 26.8. The molecular formula is C46H27N3O. The molecule has 4 heteroatoms. The highest BCUT2D eigenvalue weighted by molar-refractivity contribution is 6.27. The van der Waals surface area contributed by atoms with Gasteiger partial charge in [0.15, 0.2) is 11.4 Å². The van der Waals surface area contributed by atoms with Gasteiger partial charge >= 0.3 is 0 Å². The highest BCUT2D eigenvalue weighted by Gasteiger charge is 2.23. The fourth-order valence-corrected chi connectivity index (χ4v) is 7.97. The molecule has 0 N–H and O–H groups in total.